The molecule has 0 atom stereocenters. The van der Waals surface area contributed by atoms with Crippen LogP contribution < -0.4 is 16.0 Å². The number of anilines is 2. The van der Waals surface area contributed by atoms with Gasteiger partial charge >= 0.3 is 0 Å². The van der Waals surface area contributed by atoms with Crippen molar-refractivity contribution in [1.82, 2.24) is 5.32 Å². The summed E-state index contributed by atoms with van der Waals surface area (Å²) in [7, 11) is 0. The van der Waals surface area contributed by atoms with Crippen LogP contribution in [-0.4, -0.2) is 22.5 Å². The number of thioether (sulfide) groups is 1. The van der Waals surface area contributed by atoms with Crippen molar-refractivity contribution in [3.05, 3.63) is 130 Å². The Labute approximate surface area is 268 Å². The first kappa shape index (κ1) is 32.6. The van der Waals surface area contributed by atoms with Crippen LogP contribution in [0.4, 0.5) is 11.4 Å². The summed E-state index contributed by atoms with van der Waals surface area (Å²) in [5, 5.41) is 9.22. The Morgan fingerprint density at radius 1 is 0.818 bits per heavy atom. The fourth-order valence-electron chi connectivity index (χ4n) is 4.25. The molecule has 0 spiro atoms. The normalized spacial score (nSPS) is 11.7. The molecule has 0 aliphatic heterocycles. The van der Waals surface area contributed by atoms with Crippen molar-refractivity contribution in [2.24, 2.45) is 0 Å². The van der Waals surface area contributed by atoms with Gasteiger partial charge in [-0.25, -0.2) is 0 Å². The highest BCUT2D eigenvalue weighted by Gasteiger charge is 2.29. The van der Waals surface area contributed by atoms with E-state index in [2.05, 4.69) is 29.8 Å². The predicted molar refractivity (Wildman–Crippen MR) is 182 cm³/mol. The van der Waals surface area contributed by atoms with Gasteiger partial charge in [0.2, 0.25) is 5.91 Å². The molecule has 0 aromatic heterocycles. The molecule has 44 heavy (non-hydrogen) atoms. The van der Waals surface area contributed by atoms with Crippen molar-refractivity contribution in [3.63, 3.8) is 0 Å². The first-order valence-corrected chi connectivity index (χ1v) is 15.5. The number of carbonyl (C=O) groups is 3. The molecule has 4 aromatic rings. The summed E-state index contributed by atoms with van der Waals surface area (Å²) >= 11 is 7.61. The minimum Gasteiger partial charge on any atom is -0.325 e. The number of hydrogen-bond donors (Lipinski definition) is 3. The number of benzene rings is 4. The smallest absolute Gasteiger partial charge is 0.272 e. The Kier molecular flexibility index (Phi) is 10.7. The van der Waals surface area contributed by atoms with Crippen LogP contribution in [0.2, 0.25) is 5.02 Å². The number of nitrogens with one attached hydrogen (secondary N) is 3. The minimum atomic E-state index is -0.789. The molecular formula is C36H36ClN3O3S. The van der Waals surface area contributed by atoms with E-state index in [0.717, 1.165) is 16.0 Å². The zero-order valence-electron chi connectivity index (χ0n) is 25.4. The highest BCUT2D eigenvalue weighted by Crippen LogP contribution is 2.35. The molecule has 4 rings (SSSR count). The van der Waals surface area contributed by atoms with E-state index in [1.165, 1.54) is 17.3 Å². The zero-order chi connectivity index (χ0) is 31.9. The van der Waals surface area contributed by atoms with Crippen LogP contribution in [0.15, 0.2) is 108 Å². The van der Waals surface area contributed by atoms with Crippen LogP contribution in [0.1, 0.15) is 60.7 Å². The monoisotopic (exact) mass is 625 g/mol. The first-order valence-electron chi connectivity index (χ1n) is 14.3. The topological polar surface area (TPSA) is 87.3 Å². The molecule has 0 heterocycles. The lowest BCUT2D eigenvalue weighted by atomic mass is 10.0. The molecule has 4 aromatic carbocycles. The van der Waals surface area contributed by atoms with Gasteiger partial charge in [0.05, 0.1) is 4.75 Å². The lowest BCUT2D eigenvalue weighted by Crippen LogP contribution is -2.34. The zero-order valence-corrected chi connectivity index (χ0v) is 27.0. The quantitative estimate of drug-likeness (QED) is 0.122. The summed E-state index contributed by atoms with van der Waals surface area (Å²) in [4.78, 5) is 40.3. The van der Waals surface area contributed by atoms with Gasteiger partial charge in [0.25, 0.3) is 11.8 Å². The average molecular weight is 626 g/mol. The van der Waals surface area contributed by atoms with E-state index in [1.54, 1.807) is 54.6 Å². The average Bonchev–Trinajstić information content (AvgIpc) is 3.00. The van der Waals surface area contributed by atoms with Gasteiger partial charge in [-0.1, -0.05) is 74.0 Å². The molecule has 3 N–H and O–H groups in total. The van der Waals surface area contributed by atoms with E-state index < -0.39 is 10.7 Å². The Balaban J connectivity index is 1.47. The predicted octanol–water partition coefficient (Wildman–Crippen LogP) is 8.69. The molecule has 0 radical (unpaired) electrons. The fraction of sp³-hybridized carbons (Fsp3) is 0.194. The second-order valence-corrected chi connectivity index (χ2v) is 13.3. The number of hydrogen-bond acceptors (Lipinski definition) is 4. The SMILES string of the molecule is Cc1c(Cl)cccc1NC(=O)C(C)(C)Sc1ccc(NC(=O)C(=Cc2ccc(C(C)C)cc2)NC(=O)c2ccccc2)cc1. The van der Waals surface area contributed by atoms with Crippen molar-refractivity contribution in [2.75, 3.05) is 10.6 Å². The first-order chi connectivity index (χ1) is 20.9. The van der Waals surface area contributed by atoms with Crippen molar-refractivity contribution < 1.29 is 14.4 Å². The van der Waals surface area contributed by atoms with E-state index in [1.807, 2.05) is 69.3 Å². The fourth-order valence-corrected chi connectivity index (χ4v) is 5.43. The lowest BCUT2D eigenvalue weighted by Gasteiger charge is -2.24. The van der Waals surface area contributed by atoms with Gasteiger partial charge in [0, 0.05) is 26.9 Å². The maximum Gasteiger partial charge on any atom is 0.272 e. The molecule has 0 fully saturated rings. The van der Waals surface area contributed by atoms with Crippen LogP contribution in [0.25, 0.3) is 6.08 Å². The van der Waals surface area contributed by atoms with Gasteiger partial charge in [0.1, 0.15) is 5.70 Å². The second kappa shape index (κ2) is 14.4. The molecule has 0 saturated carbocycles. The lowest BCUT2D eigenvalue weighted by molar-refractivity contribution is -0.117. The van der Waals surface area contributed by atoms with Crippen LogP contribution in [0.3, 0.4) is 0 Å². The van der Waals surface area contributed by atoms with Gasteiger partial charge < -0.3 is 16.0 Å². The molecule has 8 heteroatoms. The van der Waals surface area contributed by atoms with Crippen molar-refractivity contribution in [1.29, 1.82) is 0 Å². The van der Waals surface area contributed by atoms with E-state index in [4.69, 9.17) is 11.6 Å². The number of halogens is 1. The number of amides is 3. The van der Waals surface area contributed by atoms with Crippen LogP contribution in [-0.2, 0) is 9.59 Å². The highest BCUT2D eigenvalue weighted by molar-refractivity contribution is 8.01. The Bertz CT molecular complexity index is 1670. The van der Waals surface area contributed by atoms with Gasteiger partial charge in [0.15, 0.2) is 0 Å². The molecular weight excluding hydrogens is 590 g/mol. The molecule has 226 valence electrons. The summed E-state index contributed by atoms with van der Waals surface area (Å²) in [5.41, 5.74) is 4.56. The number of rotatable bonds is 10. The van der Waals surface area contributed by atoms with Crippen molar-refractivity contribution in [3.8, 4) is 0 Å². The van der Waals surface area contributed by atoms with Crippen LogP contribution >= 0.6 is 23.4 Å². The Hall–Kier alpha value is -4.33. The minimum absolute atomic E-state index is 0.115. The van der Waals surface area contributed by atoms with E-state index >= 15 is 0 Å². The molecule has 0 bridgehead atoms. The van der Waals surface area contributed by atoms with Crippen LogP contribution in [0, 0.1) is 6.92 Å². The van der Waals surface area contributed by atoms with Crippen molar-refractivity contribution in [2.45, 2.75) is 50.2 Å². The Morgan fingerprint density at radius 3 is 2.11 bits per heavy atom. The largest absolute Gasteiger partial charge is 0.325 e. The van der Waals surface area contributed by atoms with E-state index in [-0.39, 0.29) is 17.5 Å². The molecule has 0 aliphatic rings. The van der Waals surface area contributed by atoms with Crippen LogP contribution in [0.5, 0.6) is 0 Å². The molecule has 0 aliphatic carbocycles. The number of carbonyl (C=O) groups excluding carboxylic acids is 3. The summed E-state index contributed by atoms with van der Waals surface area (Å²) < 4.78 is -0.789. The van der Waals surface area contributed by atoms with Gasteiger partial charge in [-0.15, -0.1) is 11.8 Å². The standard InChI is InChI=1S/C36H36ClN3O3S/c1-23(2)26-16-14-25(15-17-26)22-32(39-33(41)27-10-7-6-8-11-27)34(42)38-28-18-20-29(21-19-28)44-36(4,5)35(43)40-31-13-9-12-30(37)24(31)3/h6-23H,1-5H3,(H,38,42)(H,39,41)(H,40,43). The molecule has 0 unspecified atom stereocenters. The molecule has 6 nitrogen and oxygen atoms in total. The molecule has 3 amide bonds. The maximum absolute atomic E-state index is 13.4. The Morgan fingerprint density at radius 2 is 1.48 bits per heavy atom. The summed E-state index contributed by atoms with van der Waals surface area (Å²) in [6.07, 6.45) is 1.66. The van der Waals surface area contributed by atoms with Crippen molar-refractivity contribution >= 4 is 58.5 Å². The highest BCUT2D eigenvalue weighted by atomic mass is 35.5. The third-order valence-electron chi connectivity index (χ3n) is 6.99. The van der Waals surface area contributed by atoms with Gasteiger partial charge in [-0.2, -0.15) is 0 Å². The maximum atomic E-state index is 13.4. The summed E-state index contributed by atoms with van der Waals surface area (Å²) in [6.45, 7) is 9.79. The van der Waals surface area contributed by atoms with Gasteiger partial charge in [-0.3, -0.25) is 14.4 Å². The summed E-state index contributed by atoms with van der Waals surface area (Å²) in [5.74, 6) is -0.623. The van der Waals surface area contributed by atoms with E-state index in [0.29, 0.717) is 27.9 Å². The second-order valence-electron chi connectivity index (χ2n) is 11.2. The van der Waals surface area contributed by atoms with E-state index in [9.17, 15) is 14.4 Å². The third-order valence-corrected chi connectivity index (χ3v) is 8.60. The molecule has 0 saturated heterocycles. The van der Waals surface area contributed by atoms with Gasteiger partial charge in [-0.05, 0) is 98.0 Å². The third kappa shape index (κ3) is 8.62. The summed E-state index contributed by atoms with van der Waals surface area (Å²) in [6, 6.07) is 29.3.